The Hall–Kier alpha value is -2.91. The molecule has 0 fully saturated rings. The summed E-state index contributed by atoms with van der Waals surface area (Å²) in [5.74, 6) is -0.291. The van der Waals surface area contributed by atoms with Crippen LogP contribution in [0, 0.1) is 6.92 Å². The van der Waals surface area contributed by atoms with Crippen molar-refractivity contribution in [2.45, 2.75) is 44.7 Å². The molecule has 0 radical (unpaired) electrons. The summed E-state index contributed by atoms with van der Waals surface area (Å²) in [6.45, 7) is 4.28. The van der Waals surface area contributed by atoms with Crippen LogP contribution >= 0.6 is 0 Å². The third-order valence-corrected chi connectivity index (χ3v) is 5.56. The van der Waals surface area contributed by atoms with Gasteiger partial charge in [0.1, 0.15) is 23.7 Å². The molecular weight excluding hydrogens is 394 g/mol. The zero-order valence-corrected chi connectivity index (χ0v) is 17.1. The van der Waals surface area contributed by atoms with Crippen molar-refractivity contribution in [2.24, 2.45) is 5.14 Å². The zero-order chi connectivity index (χ0) is 21.2. The molecule has 2 aromatic carbocycles. The van der Waals surface area contributed by atoms with Gasteiger partial charge >= 0.3 is 5.97 Å². The Morgan fingerprint density at radius 1 is 1.28 bits per heavy atom. The Labute approximate surface area is 169 Å². The van der Waals surface area contributed by atoms with Crippen LogP contribution in [0.5, 0.6) is 5.75 Å². The maximum atomic E-state index is 12.4. The molecule has 0 aliphatic heterocycles. The SMILES string of the molecule is CCCCn1c(COC(=O)c2cccc(C)c2O)nc2cc(S(N)(=O)=O)ccc21. The van der Waals surface area contributed by atoms with Crippen LogP contribution in [-0.4, -0.2) is 29.0 Å². The standard InChI is InChI=1S/C20H23N3O5S/c1-3-4-10-23-17-9-8-14(29(21,26)27)11-16(17)22-18(23)12-28-20(25)15-7-5-6-13(2)19(15)24/h5-9,11,24H,3-4,10,12H2,1-2H3,(H2,21,26,27). The number of unbranched alkanes of at least 4 members (excludes halogenated alkanes) is 1. The van der Waals surface area contributed by atoms with E-state index in [9.17, 15) is 18.3 Å². The Morgan fingerprint density at radius 3 is 2.72 bits per heavy atom. The highest BCUT2D eigenvalue weighted by Crippen LogP contribution is 2.24. The van der Waals surface area contributed by atoms with Crippen molar-refractivity contribution in [3.8, 4) is 5.75 Å². The quantitative estimate of drug-likeness (QED) is 0.570. The highest BCUT2D eigenvalue weighted by atomic mass is 32.2. The number of sulfonamides is 1. The van der Waals surface area contributed by atoms with Gasteiger partial charge < -0.3 is 14.4 Å². The molecular formula is C20H23N3O5S. The number of fused-ring (bicyclic) bond motifs is 1. The number of imidazole rings is 1. The lowest BCUT2D eigenvalue weighted by molar-refractivity contribution is 0.0455. The summed E-state index contributed by atoms with van der Waals surface area (Å²) in [4.78, 5) is 16.8. The first-order valence-electron chi connectivity index (χ1n) is 9.20. The third kappa shape index (κ3) is 4.41. The van der Waals surface area contributed by atoms with Gasteiger partial charge in [0.05, 0.1) is 15.9 Å². The number of carbonyl (C=O) groups excluding carboxylic acids is 1. The van der Waals surface area contributed by atoms with E-state index in [1.54, 1.807) is 25.1 Å². The van der Waals surface area contributed by atoms with Crippen LogP contribution in [0.1, 0.15) is 41.5 Å². The number of phenolic OH excluding ortho intramolecular Hbond substituents is 1. The van der Waals surface area contributed by atoms with Crippen LogP contribution < -0.4 is 5.14 Å². The summed E-state index contributed by atoms with van der Waals surface area (Å²) in [7, 11) is -3.85. The molecule has 1 heterocycles. The molecule has 0 saturated heterocycles. The topological polar surface area (TPSA) is 125 Å². The average Bonchev–Trinajstić information content (AvgIpc) is 3.02. The number of primary sulfonamides is 1. The first-order chi connectivity index (χ1) is 13.7. The summed E-state index contributed by atoms with van der Waals surface area (Å²) in [5.41, 5.74) is 1.84. The number of hydrogen-bond donors (Lipinski definition) is 2. The lowest BCUT2D eigenvalue weighted by Crippen LogP contribution is -2.12. The second-order valence-corrected chi connectivity index (χ2v) is 8.34. The molecule has 0 aliphatic carbocycles. The van der Waals surface area contributed by atoms with Crippen LogP contribution in [0.25, 0.3) is 11.0 Å². The van der Waals surface area contributed by atoms with Crippen LogP contribution in [-0.2, 0) is 27.9 Å². The third-order valence-electron chi connectivity index (χ3n) is 4.65. The number of aryl methyl sites for hydroxylation is 2. The number of esters is 1. The maximum Gasteiger partial charge on any atom is 0.342 e. The van der Waals surface area contributed by atoms with Gasteiger partial charge in [0.15, 0.2) is 0 Å². The summed E-state index contributed by atoms with van der Waals surface area (Å²) in [5, 5.41) is 15.3. The number of ether oxygens (including phenoxy) is 1. The number of benzene rings is 2. The number of carbonyl (C=O) groups is 1. The molecule has 0 unspecified atom stereocenters. The van der Waals surface area contributed by atoms with Crippen molar-refractivity contribution in [3.63, 3.8) is 0 Å². The van der Waals surface area contributed by atoms with Gasteiger partial charge in [-0.25, -0.2) is 23.3 Å². The van der Waals surface area contributed by atoms with E-state index in [-0.39, 0.29) is 22.8 Å². The van der Waals surface area contributed by atoms with Gasteiger partial charge in [-0.1, -0.05) is 25.5 Å². The van der Waals surface area contributed by atoms with Crippen LogP contribution in [0.15, 0.2) is 41.3 Å². The summed E-state index contributed by atoms with van der Waals surface area (Å²) >= 11 is 0. The minimum absolute atomic E-state index is 0.0293. The molecule has 8 nitrogen and oxygen atoms in total. The first-order valence-corrected chi connectivity index (χ1v) is 10.7. The van der Waals surface area contributed by atoms with Crippen molar-refractivity contribution in [1.82, 2.24) is 9.55 Å². The number of aromatic nitrogens is 2. The van der Waals surface area contributed by atoms with Gasteiger partial charge in [-0.05, 0) is 43.2 Å². The number of nitrogens with zero attached hydrogens (tertiary/aromatic N) is 2. The van der Waals surface area contributed by atoms with Gasteiger partial charge in [-0.3, -0.25) is 0 Å². The van der Waals surface area contributed by atoms with E-state index in [1.165, 1.54) is 18.2 Å². The fraction of sp³-hybridized carbons (Fsp3) is 0.300. The summed E-state index contributed by atoms with van der Waals surface area (Å²) in [6.07, 6.45) is 1.83. The normalized spacial score (nSPS) is 11.7. The minimum Gasteiger partial charge on any atom is -0.507 e. The van der Waals surface area contributed by atoms with Gasteiger partial charge in [0.2, 0.25) is 10.0 Å². The van der Waals surface area contributed by atoms with E-state index >= 15 is 0 Å². The number of nitrogens with two attached hydrogens (primary N) is 1. The largest absolute Gasteiger partial charge is 0.507 e. The average molecular weight is 417 g/mol. The van der Waals surface area contributed by atoms with Crippen LogP contribution in [0.2, 0.25) is 0 Å². The highest BCUT2D eigenvalue weighted by molar-refractivity contribution is 7.89. The molecule has 0 bridgehead atoms. The maximum absolute atomic E-state index is 12.4. The van der Waals surface area contributed by atoms with Gasteiger partial charge in [0.25, 0.3) is 0 Å². The van der Waals surface area contributed by atoms with Crippen LogP contribution in [0.3, 0.4) is 0 Å². The van der Waals surface area contributed by atoms with E-state index in [4.69, 9.17) is 9.88 Å². The van der Waals surface area contributed by atoms with E-state index in [0.29, 0.717) is 23.4 Å². The molecule has 0 saturated carbocycles. The number of hydrogen-bond acceptors (Lipinski definition) is 6. The van der Waals surface area contributed by atoms with Crippen molar-refractivity contribution in [2.75, 3.05) is 0 Å². The zero-order valence-electron chi connectivity index (χ0n) is 16.3. The summed E-state index contributed by atoms with van der Waals surface area (Å²) in [6, 6.07) is 9.34. The fourth-order valence-electron chi connectivity index (χ4n) is 3.04. The molecule has 0 aliphatic rings. The molecule has 0 spiro atoms. The molecule has 0 amide bonds. The Bertz CT molecular complexity index is 1170. The van der Waals surface area contributed by atoms with E-state index in [2.05, 4.69) is 11.9 Å². The van der Waals surface area contributed by atoms with Gasteiger partial charge in [-0.2, -0.15) is 0 Å². The Balaban J connectivity index is 1.92. The lowest BCUT2D eigenvalue weighted by Gasteiger charge is -2.10. The molecule has 29 heavy (non-hydrogen) atoms. The molecule has 3 aromatic rings. The fourth-order valence-corrected chi connectivity index (χ4v) is 3.58. The van der Waals surface area contributed by atoms with E-state index in [0.717, 1.165) is 18.4 Å². The number of para-hydroxylation sites is 1. The monoisotopic (exact) mass is 417 g/mol. The molecule has 9 heteroatoms. The summed E-state index contributed by atoms with van der Waals surface area (Å²) < 4.78 is 30.5. The molecule has 154 valence electrons. The molecule has 3 rings (SSSR count). The predicted octanol–water partition coefficient (Wildman–Crippen LogP) is 2.85. The van der Waals surface area contributed by atoms with E-state index in [1.807, 2.05) is 4.57 Å². The first kappa shape index (κ1) is 20.8. The Kier molecular flexibility index (Phi) is 5.90. The second kappa shape index (κ2) is 8.22. The number of rotatable bonds is 7. The smallest absolute Gasteiger partial charge is 0.342 e. The van der Waals surface area contributed by atoms with E-state index < -0.39 is 16.0 Å². The molecule has 3 N–H and O–H groups in total. The second-order valence-electron chi connectivity index (χ2n) is 6.78. The van der Waals surface area contributed by atoms with Crippen molar-refractivity contribution < 1.29 is 23.1 Å². The minimum atomic E-state index is -3.85. The predicted molar refractivity (Wildman–Crippen MR) is 108 cm³/mol. The molecule has 1 aromatic heterocycles. The van der Waals surface area contributed by atoms with Gasteiger partial charge in [0, 0.05) is 6.54 Å². The molecule has 0 atom stereocenters. The van der Waals surface area contributed by atoms with Crippen molar-refractivity contribution in [3.05, 3.63) is 53.3 Å². The number of phenols is 1. The highest BCUT2D eigenvalue weighted by Gasteiger charge is 2.18. The van der Waals surface area contributed by atoms with Crippen molar-refractivity contribution >= 4 is 27.0 Å². The Morgan fingerprint density at radius 2 is 2.03 bits per heavy atom. The van der Waals surface area contributed by atoms with Gasteiger partial charge in [-0.15, -0.1) is 0 Å². The van der Waals surface area contributed by atoms with Crippen LogP contribution in [0.4, 0.5) is 0 Å². The number of aromatic hydroxyl groups is 1. The lowest BCUT2D eigenvalue weighted by atomic mass is 10.1. The van der Waals surface area contributed by atoms with Crippen molar-refractivity contribution in [1.29, 1.82) is 0 Å².